The predicted octanol–water partition coefficient (Wildman–Crippen LogP) is 1.68. The fraction of sp³-hybridized carbons (Fsp3) is 0.444. The average Bonchev–Trinajstić information content (AvgIpc) is 2.76. The summed E-state index contributed by atoms with van der Waals surface area (Å²) >= 11 is 0. The van der Waals surface area contributed by atoms with Crippen LogP contribution < -0.4 is 5.32 Å². The number of carbonyl (C=O) groups is 4. The highest BCUT2D eigenvalue weighted by Crippen LogP contribution is 2.23. The zero-order valence-corrected chi connectivity index (χ0v) is 14.5. The van der Waals surface area contributed by atoms with Gasteiger partial charge in [-0.2, -0.15) is 0 Å². The van der Waals surface area contributed by atoms with Crippen LogP contribution in [-0.2, 0) is 9.59 Å². The Bertz CT molecular complexity index is 685. The fourth-order valence-corrected chi connectivity index (χ4v) is 2.60. The molecule has 1 aromatic carbocycles. The molecule has 2 N–H and O–H groups in total. The second-order valence-electron chi connectivity index (χ2n) is 7.30. The highest BCUT2D eigenvalue weighted by molar-refractivity contribution is 6.22. The van der Waals surface area contributed by atoms with Crippen LogP contribution in [0.25, 0.3) is 0 Å². The molecule has 1 unspecified atom stereocenters. The Morgan fingerprint density at radius 3 is 2.08 bits per heavy atom. The van der Waals surface area contributed by atoms with Crippen LogP contribution in [0.2, 0.25) is 0 Å². The Labute approximate surface area is 146 Å². The van der Waals surface area contributed by atoms with Crippen molar-refractivity contribution in [1.82, 2.24) is 10.2 Å². The molecule has 0 radical (unpaired) electrons. The summed E-state index contributed by atoms with van der Waals surface area (Å²) in [6, 6.07) is 5.27. The summed E-state index contributed by atoms with van der Waals surface area (Å²) < 4.78 is 0. The number of imide groups is 1. The monoisotopic (exact) mass is 346 g/mol. The molecule has 0 aliphatic carbocycles. The van der Waals surface area contributed by atoms with Gasteiger partial charge in [-0.05, 0) is 30.4 Å². The number of hydrogen-bond donors (Lipinski definition) is 2. The molecule has 134 valence electrons. The van der Waals surface area contributed by atoms with Crippen molar-refractivity contribution in [2.24, 2.45) is 5.41 Å². The summed E-state index contributed by atoms with van der Waals surface area (Å²) in [7, 11) is 0. The quantitative estimate of drug-likeness (QED) is 0.763. The maximum Gasteiger partial charge on any atom is 0.326 e. The summed E-state index contributed by atoms with van der Waals surface area (Å²) in [6.45, 7) is 5.44. The van der Waals surface area contributed by atoms with Crippen molar-refractivity contribution in [2.45, 2.75) is 39.7 Å². The molecule has 3 amide bonds. The Hall–Kier alpha value is -2.70. The zero-order chi connectivity index (χ0) is 18.8. The van der Waals surface area contributed by atoms with Crippen LogP contribution in [0.15, 0.2) is 24.3 Å². The number of benzene rings is 1. The van der Waals surface area contributed by atoms with Gasteiger partial charge in [0.05, 0.1) is 11.1 Å². The number of carboxylic acid groups (broad SMARTS) is 1. The van der Waals surface area contributed by atoms with E-state index < -0.39 is 36.3 Å². The highest BCUT2D eigenvalue weighted by Gasteiger charge is 2.36. The van der Waals surface area contributed by atoms with Crippen LogP contribution in [-0.4, -0.2) is 46.3 Å². The van der Waals surface area contributed by atoms with Crippen molar-refractivity contribution in [3.8, 4) is 0 Å². The Morgan fingerprint density at radius 1 is 1.12 bits per heavy atom. The lowest BCUT2D eigenvalue weighted by Gasteiger charge is -2.22. The molecule has 25 heavy (non-hydrogen) atoms. The lowest BCUT2D eigenvalue weighted by molar-refractivity contribution is -0.142. The summed E-state index contributed by atoms with van der Waals surface area (Å²) in [4.78, 5) is 48.8. The molecule has 0 bridgehead atoms. The van der Waals surface area contributed by atoms with E-state index >= 15 is 0 Å². The SMILES string of the molecule is CC(C)(C)CCC(NC(=O)CN1C(=O)c2ccccc2C1=O)C(=O)O. The number of aliphatic carboxylic acids is 1. The number of nitrogens with zero attached hydrogens (tertiary/aromatic N) is 1. The van der Waals surface area contributed by atoms with E-state index in [1.807, 2.05) is 20.8 Å². The zero-order valence-electron chi connectivity index (χ0n) is 14.5. The van der Waals surface area contributed by atoms with E-state index in [4.69, 9.17) is 0 Å². The first-order valence-electron chi connectivity index (χ1n) is 8.07. The van der Waals surface area contributed by atoms with Crippen LogP contribution in [0.1, 0.15) is 54.3 Å². The predicted molar refractivity (Wildman–Crippen MR) is 90.1 cm³/mol. The molecule has 1 heterocycles. The third-order valence-corrected chi connectivity index (χ3v) is 4.00. The minimum atomic E-state index is -1.14. The molecule has 2 rings (SSSR count). The fourth-order valence-electron chi connectivity index (χ4n) is 2.60. The third-order valence-electron chi connectivity index (χ3n) is 4.00. The first-order valence-corrected chi connectivity index (χ1v) is 8.07. The van der Waals surface area contributed by atoms with Gasteiger partial charge in [-0.15, -0.1) is 0 Å². The lowest BCUT2D eigenvalue weighted by atomic mass is 9.88. The van der Waals surface area contributed by atoms with Crippen LogP contribution in [0.5, 0.6) is 0 Å². The van der Waals surface area contributed by atoms with Gasteiger partial charge in [0, 0.05) is 0 Å². The van der Waals surface area contributed by atoms with Gasteiger partial charge < -0.3 is 10.4 Å². The Balaban J connectivity index is 2.01. The number of carboxylic acids is 1. The molecular weight excluding hydrogens is 324 g/mol. The molecule has 0 saturated heterocycles. The van der Waals surface area contributed by atoms with Crippen molar-refractivity contribution < 1.29 is 24.3 Å². The number of hydrogen-bond acceptors (Lipinski definition) is 4. The van der Waals surface area contributed by atoms with E-state index in [9.17, 15) is 24.3 Å². The van der Waals surface area contributed by atoms with Gasteiger partial charge in [-0.3, -0.25) is 19.3 Å². The van der Waals surface area contributed by atoms with Crippen molar-refractivity contribution in [3.05, 3.63) is 35.4 Å². The van der Waals surface area contributed by atoms with E-state index in [1.54, 1.807) is 12.1 Å². The van der Waals surface area contributed by atoms with Gasteiger partial charge in [0.2, 0.25) is 5.91 Å². The van der Waals surface area contributed by atoms with Crippen molar-refractivity contribution in [3.63, 3.8) is 0 Å². The van der Waals surface area contributed by atoms with Crippen LogP contribution >= 0.6 is 0 Å². The maximum atomic E-state index is 12.2. The van der Waals surface area contributed by atoms with Crippen molar-refractivity contribution in [1.29, 1.82) is 0 Å². The molecule has 0 saturated carbocycles. The van der Waals surface area contributed by atoms with E-state index in [0.29, 0.717) is 6.42 Å². The van der Waals surface area contributed by atoms with E-state index in [-0.39, 0.29) is 23.0 Å². The van der Waals surface area contributed by atoms with Crippen LogP contribution in [0.4, 0.5) is 0 Å². The molecular formula is C18H22N2O5. The first-order chi connectivity index (χ1) is 11.6. The summed E-state index contributed by atoms with van der Waals surface area (Å²) in [5, 5.41) is 11.7. The van der Waals surface area contributed by atoms with Gasteiger partial charge in [0.25, 0.3) is 11.8 Å². The number of nitrogens with one attached hydrogen (secondary N) is 1. The normalized spacial score (nSPS) is 15.1. The van der Waals surface area contributed by atoms with Crippen LogP contribution in [0.3, 0.4) is 0 Å². The Kier molecular flexibility index (Phi) is 5.25. The molecule has 0 aromatic heterocycles. The Morgan fingerprint density at radius 2 is 1.64 bits per heavy atom. The van der Waals surface area contributed by atoms with Crippen LogP contribution in [0, 0.1) is 5.41 Å². The first kappa shape index (κ1) is 18.6. The standard InChI is InChI=1S/C18H22N2O5/c1-18(2,3)9-8-13(17(24)25)19-14(21)10-20-15(22)11-6-4-5-7-12(11)16(20)23/h4-7,13H,8-10H2,1-3H3,(H,19,21)(H,24,25). The van der Waals surface area contributed by atoms with Gasteiger partial charge in [0.15, 0.2) is 0 Å². The third kappa shape index (κ3) is 4.43. The molecule has 1 aliphatic heterocycles. The summed E-state index contributed by atoms with van der Waals surface area (Å²) in [5.41, 5.74) is 0.437. The smallest absolute Gasteiger partial charge is 0.326 e. The number of amides is 3. The van der Waals surface area contributed by atoms with Crippen molar-refractivity contribution >= 4 is 23.7 Å². The van der Waals surface area contributed by atoms with Crippen molar-refractivity contribution in [2.75, 3.05) is 6.54 Å². The lowest BCUT2D eigenvalue weighted by Crippen LogP contribution is -2.47. The second-order valence-corrected chi connectivity index (χ2v) is 7.30. The molecule has 7 heteroatoms. The summed E-state index contributed by atoms with van der Waals surface area (Å²) in [6.07, 6.45) is 0.879. The number of rotatable bonds is 6. The average molecular weight is 346 g/mol. The van der Waals surface area contributed by atoms with Gasteiger partial charge in [-0.1, -0.05) is 32.9 Å². The molecule has 7 nitrogen and oxygen atoms in total. The molecule has 1 atom stereocenters. The van der Waals surface area contributed by atoms with Gasteiger partial charge in [-0.25, -0.2) is 4.79 Å². The summed E-state index contributed by atoms with van der Waals surface area (Å²) in [5.74, 6) is -2.90. The molecule has 0 fully saturated rings. The van der Waals surface area contributed by atoms with E-state index in [1.165, 1.54) is 12.1 Å². The van der Waals surface area contributed by atoms with Gasteiger partial charge >= 0.3 is 5.97 Å². The number of fused-ring (bicyclic) bond motifs is 1. The minimum absolute atomic E-state index is 0.0685. The molecule has 1 aliphatic rings. The molecule has 1 aromatic rings. The second kappa shape index (κ2) is 7.04. The highest BCUT2D eigenvalue weighted by atomic mass is 16.4. The van der Waals surface area contributed by atoms with E-state index in [2.05, 4.69) is 5.32 Å². The van der Waals surface area contributed by atoms with E-state index in [0.717, 1.165) is 4.90 Å². The maximum absolute atomic E-state index is 12.2. The largest absolute Gasteiger partial charge is 0.480 e. The topological polar surface area (TPSA) is 104 Å². The minimum Gasteiger partial charge on any atom is -0.480 e. The van der Waals surface area contributed by atoms with Gasteiger partial charge in [0.1, 0.15) is 12.6 Å². The number of carbonyl (C=O) groups excluding carboxylic acids is 3. The molecule has 0 spiro atoms.